The van der Waals surface area contributed by atoms with Crippen molar-refractivity contribution in [1.82, 2.24) is 15.2 Å². The molecule has 0 aliphatic carbocycles. The zero-order valence-electron chi connectivity index (χ0n) is 14.6. The summed E-state index contributed by atoms with van der Waals surface area (Å²) >= 11 is 0. The number of piperidine rings is 1. The molecule has 1 fully saturated rings. The Balaban J connectivity index is 1.40. The van der Waals surface area contributed by atoms with E-state index in [4.69, 9.17) is 4.74 Å². The van der Waals surface area contributed by atoms with E-state index in [1.807, 2.05) is 24.5 Å². The van der Waals surface area contributed by atoms with Crippen molar-refractivity contribution in [2.75, 3.05) is 26.7 Å². The van der Waals surface area contributed by atoms with Gasteiger partial charge in [0.15, 0.2) is 0 Å². The third-order valence-corrected chi connectivity index (χ3v) is 4.77. The van der Waals surface area contributed by atoms with Gasteiger partial charge < -0.3 is 10.1 Å². The summed E-state index contributed by atoms with van der Waals surface area (Å²) < 4.78 is 5.12. The van der Waals surface area contributed by atoms with E-state index in [0.717, 1.165) is 44.8 Å². The Morgan fingerprint density at radius 3 is 2.48 bits per heavy atom. The van der Waals surface area contributed by atoms with Gasteiger partial charge in [0.05, 0.1) is 7.11 Å². The van der Waals surface area contributed by atoms with Crippen LogP contribution in [0, 0.1) is 5.92 Å². The highest BCUT2D eigenvalue weighted by Crippen LogP contribution is 2.18. The van der Waals surface area contributed by atoms with Gasteiger partial charge in [-0.1, -0.05) is 0 Å². The standard InChI is InChI=1S/C20H25N3O2/c1-25-19-4-2-18(3-5-19)20(24)22-14-16-8-12-23(13-9-16)15-17-6-10-21-11-7-17/h2-7,10-11,16H,8-9,12-15H2,1H3,(H,22,24). The normalized spacial score (nSPS) is 15.7. The van der Waals surface area contributed by atoms with Crippen molar-refractivity contribution < 1.29 is 9.53 Å². The van der Waals surface area contributed by atoms with Crippen LogP contribution in [0.5, 0.6) is 5.75 Å². The summed E-state index contributed by atoms with van der Waals surface area (Å²) in [5.74, 6) is 1.30. The zero-order chi connectivity index (χ0) is 17.5. The average molecular weight is 339 g/mol. The first-order chi connectivity index (χ1) is 12.2. The molecule has 1 aromatic carbocycles. The molecule has 1 saturated heterocycles. The predicted molar refractivity (Wildman–Crippen MR) is 97.6 cm³/mol. The van der Waals surface area contributed by atoms with Gasteiger partial charge in [-0.15, -0.1) is 0 Å². The van der Waals surface area contributed by atoms with Crippen molar-refractivity contribution in [3.63, 3.8) is 0 Å². The Kier molecular flexibility index (Phi) is 6.01. The number of carbonyl (C=O) groups is 1. The Labute approximate surface area is 149 Å². The highest BCUT2D eigenvalue weighted by molar-refractivity contribution is 5.94. The Bertz CT molecular complexity index is 665. The third kappa shape index (κ3) is 5.03. The van der Waals surface area contributed by atoms with E-state index in [-0.39, 0.29) is 5.91 Å². The van der Waals surface area contributed by atoms with E-state index in [1.165, 1.54) is 5.56 Å². The molecule has 5 nitrogen and oxygen atoms in total. The first-order valence-corrected chi connectivity index (χ1v) is 8.78. The molecule has 2 heterocycles. The minimum atomic E-state index is -0.0122. The van der Waals surface area contributed by atoms with Gasteiger partial charge in [0, 0.05) is 31.0 Å². The number of hydrogen-bond acceptors (Lipinski definition) is 4. The molecule has 25 heavy (non-hydrogen) atoms. The molecule has 1 aliphatic rings. The fraction of sp³-hybridized carbons (Fsp3) is 0.400. The molecule has 0 radical (unpaired) electrons. The van der Waals surface area contributed by atoms with Gasteiger partial charge in [0.2, 0.25) is 0 Å². The molecule has 1 N–H and O–H groups in total. The largest absolute Gasteiger partial charge is 0.497 e. The third-order valence-electron chi connectivity index (χ3n) is 4.77. The van der Waals surface area contributed by atoms with Crippen molar-refractivity contribution in [3.8, 4) is 5.75 Å². The molecule has 0 bridgehead atoms. The van der Waals surface area contributed by atoms with Crippen LogP contribution in [0.1, 0.15) is 28.8 Å². The summed E-state index contributed by atoms with van der Waals surface area (Å²) in [4.78, 5) is 18.8. The Morgan fingerprint density at radius 1 is 1.16 bits per heavy atom. The lowest BCUT2D eigenvalue weighted by molar-refractivity contribution is 0.0935. The number of benzene rings is 1. The number of nitrogens with zero attached hydrogens (tertiary/aromatic N) is 2. The Morgan fingerprint density at radius 2 is 1.84 bits per heavy atom. The first-order valence-electron chi connectivity index (χ1n) is 8.78. The van der Waals surface area contributed by atoms with E-state index in [0.29, 0.717) is 11.5 Å². The molecule has 1 aromatic heterocycles. The summed E-state index contributed by atoms with van der Waals surface area (Å²) in [5, 5.41) is 3.06. The minimum absolute atomic E-state index is 0.0122. The number of hydrogen-bond donors (Lipinski definition) is 1. The molecule has 0 spiro atoms. The quantitative estimate of drug-likeness (QED) is 0.879. The summed E-state index contributed by atoms with van der Waals surface area (Å²) in [6, 6.07) is 11.4. The van der Waals surface area contributed by atoms with E-state index in [2.05, 4.69) is 27.3 Å². The lowest BCUT2D eigenvalue weighted by atomic mass is 9.96. The van der Waals surface area contributed by atoms with E-state index in [1.54, 1.807) is 19.2 Å². The smallest absolute Gasteiger partial charge is 0.251 e. The van der Waals surface area contributed by atoms with E-state index in [9.17, 15) is 4.79 Å². The second-order valence-electron chi connectivity index (χ2n) is 6.51. The molecule has 3 rings (SSSR count). The van der Waals surface area contributed by atoms with Crippen LogP contribution in [-0.4, -0.2) is 42.5 Å². The maximum atomic E-state index is 12.2. The predicted octanol–water partition coefficient (Wildman–Crippen LogP) is 2.73. The molecule has 5 heteroatoms. The van der Waals surface area contributed by atoms with Gasteiger partial charge in [0.1, 0.15) is 5.75 Å². The lowest BCUT2D eigenvalue weighted by Crippen LogP contribution is -2.38. The van der Waals surface area contributed by atoms with Crippen LogP contribution >= 0.6 is 0 Å². The number of nitrogens with one attached hydrogen (secondary N) is 1. The Hall–Kier alpha value is -2.40. The average Bonchev–Trinajstić information content (AvgIpc) is 2.68. The van der Waals surface area contributed by atoms with E-state index < -0.39 is 0 Å². The number of likely N-dealkylation sites (tertiary alicyclic amines) is 1. The molecule has 1 aliphatic heterocycles. The van der Waals surface area contributed by atoms with Crippen molar-refractivity contribution >= 4 is 5.91 Å². The number of carbonyl (C=O) groups excluding carboxylic acids is 1. The maximum absolute atomic E-state index is 12.2. The lowest BCUT2D eigenvalue weighted by Gasteiger charge is -2.32. The van der Waals surface area contributed by atoms with Gasteiger partial charge in [-0.2, -0.15) is 0 Å². The fourth-order valence-electron chi connectivity index (χ4n) is 3.18. The number of methoxy groups -OCH3 is 1. The minimum Gasteiger partial charge on any atom is -0.497 e. The van der Waals surface area contributed by atoms with Crippen molar-refractivity contribution in [1.29, 1.82) is 0 Å². The molecular weight excluding hydrogens is 314 g/mol. The van der Waals surface area contributed by atoms with Crippen LogP contribution in [0.15, 0.2) is 48.8 Å². The molecule has 0 unspecified atom stereocenters. The summed E-state index contributed by atoms with van der Waals surface area (Å²) in [6.45, 7) is 3.87. The highest BCUT2D eigenvalue weighted by Gasteiger charge is 2.20. The second-order valence-corrected chi connectivity index (χ2v) is 6.51. The van der Waals surface area contributed by atoms with Gasteiger partial charge in [-0.25, -0.2) is 0 Å². The first kappa shape index (κ1) is 17.4. The summed E-state index contributed by atoms with van der Waals surface area (Å²) in [7, 11) is 1.62. The van der Waals surface area contributed by atoms with Crippen LogP contribution in [-0.2, 0) is 6.54 Å². The monoisotopic (exact) mass is 339 g/mol. The van der Waals surface area contributed by atoms with Gasteiger partial charge in [-0.05, 0) is 73.8 Å². The topological polar surface area (TPSA) is 54.5 Å². The fourth-order valence-corrected chi connectivity index (χ4v) is 3.18. The number of pyridine rings is 1. The van der Waals surface area contributed by atoms with Crippen LogP contribution in [0.4, 0.5) is 0 Å². The summed E-state index contributed by atoms with van der Waals surface area (Å²) in [6.07, 6.45) is 5.93. The number of aromatic nitrogens is 1. The second kappa shape index (κ2) is 8.62. The number of rotatable bonds is 6. The number of amides is 1. The molecule has 2 aromatic rings. The molecule has 0 atom stereocenters. The van der Waals surface area contributed by atoms with Gasteiger partial charge >= 0.3 is 0 Å². The van der Waals surface area contributed by atoms with Crippen molar-refractivity contribution in [2.24, 2.45) is 5.92 Å². The molecular formula is C20H25N3O2. The molecule has 0 saturated carbocycles. The summed E-state index contributed by atoms with van der Waals surface area (Å²) in [5.41, 5.74) is 1.98. The van der Waals surface area contributed by atoms with Gasteiger partial charge in [-0.3, -0.25) is 14.7 Å². The zero-order valence-corrected chi connectivity index (χ0v) is 14.6. The SMILES string of the molecule is COc1ccc(C(=O)NCC2CCN(Cc3ccncc3)CC2)cc1. The number of ether oxygens (including phenoxy) is 1. The van der Waals surface area contributed by atoms with Gasteiger partial charge in [0.25, 0.3) is 5.91 Å². The van der Waals surface area contributed by atoms with E-state index >= 15 is 0 Å². The van der Waals surface area contributed by atoms with Crippen LogP contribution in [0.2, 0.25) is 0 Å². The molecule has 132 valence electrons. The highest BCUT2D eigenvalue weighted by atomic mass is 16.5. The van der Waals surface area contributed by atoms with Crippen LogP contribution < -0.4 is 10.1 Å². The maximum Gasteiger partial charge on any atom is 0.251 e. The van der Waals surface area contributed by atoms with Crippen molar-refractivity contribution in [3.05, 3.63) is 59.9 Å². The molecule has 1 amide bonds. The van der Waals surface area contributed by atoms with Crippen LogP contribution in [0.3, 0.4) is 0 Å². The van der Waals surface area contributed by atoms with Crippen molar-refractivity contribution in [2.45, 2.75) is 19.4 Å². The van der Waals surface area contributed by atoms with Crippen LogP contribution in [0.25, 0.3) is 0 Å².